The molecule has 0 saturated heterocycles. The number of unbranched alkanes of at least 4 members (excludes halogenated alkanes) is 1. The van der Waals surface area contributed by atoms with Gasteiger partial charge in [0.25, 0.3) is 0 Å². The first-order valence-electron chi connectivity index (χ1n) is 11.5. The lowest BCUT2D eigenvalue weighted by Gasteiger charge is -2.24. The number of nitrogens with zero attached hydrogens (tertiary/aromatic N) is 2. The summed E-state index contributed by atoms with van der Waals surface area (Å²) < 4.78 is 6.32. The van der Waals surface area contributed by atoms with Gasteiger partial charge in [0.2, 0.25) is 0 Å². The molecule has 0 bridgehead atoms. The number of hydrogen-bond acceptors (Lipinski definition) is 3. The third kappa shape index (κ3) is 6.05. The predicted molar refractivity (Wildman–Crippen MR) is 125 cm³/mol. The fourth-order valence-corrected chi connectivity index (χ4v) is 3.88. The quantitative estimate of drug-likeness (QED) is 0.428. The molecule has 0 spiro atoms. The van der Waals surface area contributed by atoms with Gasteiger partial charge in [0.1, 0.15) is 5.75 Å². The van der Waals surface area contributed by atoms with Gasteiger partial charge >= 0.3 is 0 Å². The SMILES string of the molecule is CCCCN(CC)Cc1c(OC(C)C)cc(-c2c(CC)cccc2CC)nc1C. The molecule has 0 aliphatic carbocycles. The fraction of sp³-hybridized carbons (Fsp3) is 0.577. The largest absolute Gasteiger partial charge is 0.491 e. The summed E-state index contributed by atoms with van der Waals surface area (Å²) in [5, 5.41) is 0. The maximum atomic E-state index is 6.32. The molecule has 29 heavy (non-hydrogen) atoms. The van der Waals surface area contributed by atoms with Crippen LogP contribution in [0, 0.1) is 6.92 Å². The molecule has 1 aromatic carbocycles. The lowest BCUT2D eigenvalue weighted by atomic mass is 9.94. The van der Waals surface area contributed by atoms with Crippen LogP contribution in [0.1, 0.15) is 76.8 Å². The first-order valence-corrected chi connectivity index (χ1v) is 11.5. The summed E-state index contributed by atoms with van der Waals surface area (Å²) in [6.07, 6.45) is 4.60. The monoisotopic (exact) mass is 396 g/mol. The molecule has 0 atom stereocenters. The van der Waals surface area contributed by atoms with Crippen LogP contribution in [0.25, 0.3) is 11.3 Å². The Labute approximate surface area is 178 Å². The highest BCUT2D eigenvalue weighted by atomic mass is 16.5. The van der Waals surface area contributed by atoms with Crippen LogP contribution < -0.4 is 4.74 Å². The minimum atomic E-state index is 0.140. The van der Waals surface area contributed by atoms with Crippen LogP contribution >= 0.6 is 0 Å². The van der Waals surface area contributed by atoms with E-state index in [4.69, 9.17) is 9.72 Å². The van der Waals surface area contributed by atoms with Gasteiger partial charge in [-0.25, -0.2) is 0 Å². The molecular weight excluding hydrogens is 356 g/mol. The predicted octanol–water partition coefficient (Wildman–Crippen LogP) is 6.59. The van der Waals surface area contributed by atoms with Crippen molar-refractivity contribution >= 4 is 0 Å². The normalized spacial score (nSPS) is 11.5. The van der Waals surface area contributed by atoms with E-state index in [1.807, 2.05) is 0 Å². The van der Waals surface area contributed by atoms with Gasteiger partial charge in [0.15, 0.2) is 0 Å². The van der Waals surface area contributed by atoms with Crippen molar-refractivity contribution in [3.8, 4) is 17.0 Å². The molecule has 0 unspecified atom stereocenters. The number of benzene rings is 1. The maximum Gasteiger partial charge on any atom is 0.128 e. The van der Waals surface area contributed by atoms with E-state index in [1.54, 1.807) is 0 Å². The Morgan fingerprint density at radius 2 is 1.69 bits per heavy atom. The van der Waals surface area contributed by atoms with Crippen LogP contribution in [0.4, 0.5) is 0 Å². The molecule has 160 valence electrons. The summed E-state index contributed by atoms with van der Waals surface area (Å²) >= 11 is 0. The molecule has 0 fully saturated rings. The van der Waals surface area contributed by atoms with E-state index >= 15 is 0 Å². The fourth-order valence-electron chi connectivity index (χ4n) is 3.88. The first-order chi connectivity index (χ1) is 13.9. The molecule has 2 rings (SSSR count). The minimum Gasteiger partial charge on any atom is -0.491 e. The van der Waals surface area contributed by atoms with E-state index in [2.05, 4.69) is 77.6 Å². The Morgan fingerprint density at radius 1 is 1.03 bits per heavy atom. The van der Waals surface area contributed by atoms with Gasteiger partial charge in [-0.3, -0.25) is 9.88 Å². The summed E-state index contributed by atoms with van der Waals surface area (Å²) in [7, 11) is 0. The summed E-state index contributed by atoms with van der Waals surface area (Å²) in [4.78, 5) is 7.59. The van der Waals surface area contributed by atoms with Gasteiger partial charge in [0.05, 0.1) is 11.8 Å². The van der Waals surface area contributed by atoms with Crippen molar-refractivity contribution in [1.29, 1.82) is 0 Å². The highest BCUT2D eigenvalue weighted by Gasteiger charge is 2.18. The number of hydrogen-bond donors (Lipinski definition) is 0. The third-order valence-corrected chi connectivity index (χ3v) is 5.56. The van der Waals surface area contributed by atoms with E-state index in [-0.39, 0.29) is 6.10 Å². The Morgan fingerprint density at radius 3 is 2.21 bits per heavy atom. The number of aromatic nitrogens is 1. The molecule has 1 aromatic heterocycles. The van der Waals surface area contributed by atoms with E-state index in [9.17, 15) is 0 Å². The average molecular weight is 397 g/mol. The lowest BCUT2D eigenvalue weighted by molar-refractivity contribution is 0.227. The summed E-state index contributed by atoms with van der Waals surface area (Å²) in [5.74, 6) is 0.991. The molecule has 0 radical (unpaired) electrons. The molecule has 2 aromatic rings. The Balaban J connectivity index is 2.55. The maximum absolute atomic E-state index is 6.32. The second kappa shape index (κ2) is 11.3. The van der Waals surface area contributed by atoms with Gasteiger partial charge < -0.3 is 4.74 Å². The second-order valence-electron chi connectivity index (χ2n) is 8.12. The van der Waals surface area contributed by atoms with Gasteiger partial charge in [-0.15, -0.1) is 0 Å². The zero-order valence-corrected chi connectivity index (χ0v) is 19.6. The molecule has 3 nitrogen and oxygen atoms in total. The molecule has 0 aliphatic rings. The third-order valence-electron chi connectivity index (χ3n) is 5.56. The highest BCUT2D eigenvalue weighted by Crippen LogP contribution is 2.34. The summed E-state index contributed by atoms with van der Waals surface area (Å²) in [5.41, 5.74) is 7.37. The lowest BCUT2D eigenvalue weighted by Crippen LogP contribution is -2.25. The van der Waals surface area contributed by atoms with E-state index < -0.39 is 0 Å². The smallest absolute Gasteiger partial charge is 0.128 e. The molecule has 0 N–H and O–H groups in total. The van der Waals surface area contributed by atoms with Crippen molar-refractivity contribution in [1.82, 2.24) is 9.88 Å². The van der Waals surface area contributed by atoms with E-state index in [1.165, 1.54) is 35.1 Å². The summed E-state index contributed by atoms with van der Waals surface area (Å²) in [6, 6.07) is 8.81. The zero-order chi connectivity index (χ0) is 21.4. The second-order valence-corrected chi connectivity index (χ2v) is 8.12. The average Bonchev–Trinajstić information content (AvgIpc) is 2.71. The first kappa shape index (κ1) is 23.4. The number of ether oxygens (including phenoxy) is 1. The molecule has 1 heterocycles. The van der Waals surface area contributed by atoms with Crippen LogP contribution in [-0.2, 0) is 19.4 Å². The van der Waals surface area contributed by atoms with Crippen LogP contribution in [0.15, 0.2) is 24.3 Å². The Kier molecular flexibility index (Phi) is 9.16. The van der Waals surface area contributed by atoms with Crippen molar-refractivity contribution in [2.24, 2.45) is 0 Å². The topological polar surface area (TPSA) is 25.4 Å². The molecule has 0 aliphatic heterocycles. The van der Waals surface area contributed by atoms with E-state index in [0.717, 1.165) is 49.6 Å². The van der Waals surface area contributed by atoms with Gasteiger partial charge in [-0.05, 0) is 64.3 Å². The number of aryl methyl sites for hydroxylation is 3. The molecule has 0 amide bonds. The van der Waals surface area contributed by atoms with Crippen molar-refractivity contribution in [3.63, 3.8) is 0 Å². The number of rotatable bonds is 11. The van der Waals surface area contributed by atoms with Crippen LogP contribution in [0.3, 0.4) is 0 Å². The van der Waals surface area contributed by atoms with Crippen molar-refractivity contribution < 1.29 is 4.74 Å². The van der Waals surface area contributed by atoms with Gasteiger partial charge in [0, 0.05) is 29.4 Å². The Bertz CT molecular complexity index is 760. The van der Waals surface area contributed by atoms with Crippen LogP contribution in [-0.4, -0.2) is 29.1 Å². The van der Waals surface area contributed by atoms with Crippen molar-refractivity contribution in [3.05, 3.63) is 46.6 Å². The zero-order valence-electron chi connectivity index (χ0n) is 19.6. The van der Waals surface area contributed by atoms with Crippen molar-refractivity contribution in [2.45, 2.75) is 86.8 Å². The van der Waals surface area contributed by atoms with Crippen LogP contribution in [0.5, 0.6) is 5.75 Å². The van der Waals surface area contributed by atoms with E-state index in [0.29, 0.717) is 0 Å². The molecule has 0 saturated carbocycles. The van der Waals surface area contributed by atoms with Crippen molar-refractivity contribution in [2.75, 3.05) is 13.1 Å². The Hall–Kier alpha value is -1.87. The molecule has 3 heteroatoms. The van der Waals surface area contributed by atoms with Gasteiger partial charge in [-0.1, -0.05) is 52.3 Å². The standard InChI is InChI=1S/C26H40N2O/c1-8-12-16-28(11-4)18-23-20(7)27-24(17-25(23)29-19(5)6)26-21(9-2)14-13-15-22(26)10-3/h13-15,17,19H,8-12,16,18H2,1-7H3. The minimum absolute atomic E-state index is 0.140. The van der Waals surface area contributed by atoms with Gasteiger partial charge in [-0.2, -0.15) is 0 Å². The molecular formula is C26H40N2O. The highest BCUT2D eigenvalue weighted by molar-refractivity contribution is 5.70. The number of pyridine rings is 1. The summed E-state index contributed by atoms with van der Waals surface area (Å²) in [6.45, 7) is 18.3. The van der Waals surface area contributed by atoms with Crippen LogP contribution in [0.2, 0.25) is 0 Å².